The van der Waals surface area contributed by atoms with Crippen molar-refractivity contribution in [3.8, 4) is 0 Å². The van der Waals surface area contributed by atoms with Gasteiger partial charge in [-0.1, -0.05) is 22.6 Å². The van der Waals surface area contributed by atoms with Crippen molar-refractivity contribution in [3.05, 3.63) is 36.0 Å². The summed E-state index contributed by atoms with van der Waals surface area (Å²) in [5.41, 5.74) is 5.47. The van der Waals surface area contributed by atoms with E-state index >= 15 is 0 Å². The lowest BCUT2D eigenvalue weighted by molar-refractivity contribution is -0.124. The van der Waals surface area contributed by atoms with Gasteiger partial charge in [-0.15, -0.1) is 10.2 Å². The van der Waals surface area contributed by atoms with Gasteiger partial charge in [0.25, 0.3) is 0 Å². The average molecular weight is 216 g/mol. The van der Waals surface area contributed by atoms with Crippen LogP contribution in [0.2, 0.25) is 0 Å². The molecular weight excluding hydrogens is 208 g/mol. The minimum atomic E-state index is 0.612. The zero-order valence-electron chi connectivity index (χ0n) is 8.12. The van der Waals surface area contributed by atoms with Gasteiger partial charge in [0.15, 0.2) is 0 Å². The summed E-state index contributed by atoms with van der Waals surface area (Å²) in [7, 11) is 0. The van der Waals surface area contributed by atoms with E-state index in [0.29, 0.717) is 11.0 Å². The van der Waals surface area contributed by atoms with Crippen LogP contribution in [0.5, 0.6) is 0 Å². The third kappa shape index (κ3) is 1.30. The molecule has 0 fully saturated rings. The monoisotopic (exact) mass is 216 g/mol. The molecule has 3 N–H and O–H groups in total. The fourth-order valence-corrected chi connectivity index (χ4v) is 1.57. The standard InChI is InChI=1S/C9H8N6O/c16-15-10-5-4-7(13-15)6-2-1-3-8-9(6)12-14-11-8/h1-5,10,16H,(H,11,12,14). The molecule has 16 heavy (non-hydrogen) atoms. The molecule has 0 amide bonds. The normalized spacial score (nSPS) is 15.1. The lowest BCUT2D eigenvalue weighted by atomic mass is 10.1. The molecule has 2 aromatic rings. The van der Waals surface area contributed by atoms with Crippen LogP contribution in [0.3, 0.4) is 0 Å². The Balaban J connectivity index is 2.19. The Kier molecular flexibility index (Phi) is 1.84. The van der Waals surface area contributed by atoms with Crippen LogP contribution in [-0.4, -0.2) is 31.6 Å². The highest BCUT2D eigenvalue weighted by Crippen LogP contribution is 2.16. The van der Waals surface area contributed by atoms with Crippen LogP contribution in [0.25, 0.3) is 11.0 Å². The van der Waals surface area contributed by atoms with Gasteiger partial charge in [-0.2, -0.15) is 0 Å². The first kappa shape index (κ1) is 8.86. The number of rotatable bonds is 1. The zero-order valence-corrected chi connectivity index (χ0v) is 8.12. The number of hydrogen-bond acceptors (Lipinski definition) is 6. The van der Waals surface area contributed by atoms with Crippen LogP contribution in [0.1, 0.15) is 5.56 Å². The van der Waals surface area contributed by atoms with Crippen molar-refractivity contribution in [2.45, 2.75) is 0 Å². The van der Waals surface area contributed by atoms with E-state index in [1.54, 1.807) is 12.3 Å². The predicted octanol–water partition coefficient (Wildman–Crippen LogP) is 0.385. The molecule has 3 rings (SSSR count). The number of allylic oxidation sites excluding steroid dienone is 1. The average Bonchev–Trinajstić information content (AvgIpc) is 2.76. The molecule has 0 atom stereocenters. The minimum Gasteiger partial charge on any atom is -0.265 e. The van der Waals surface area contributed by atoms with Crippen molar-refractivity contribution in [1.82, 2.24) is 26.1 Å². The number of hydrazine groups is 1. The van der Waals surface area contributed by atoms with Crippen molar-refractivity contribution < 1.29 is 5.21 Å². The largest absolute Gasteiger partial charge is 0.265 e. The Morgan fingerprint density at radius 2 is 2.25 bits per heavy atom. The van der Waals surface area contributed by atoms with E-state index in [9.17, 15) is 5.21 Å². The fraction of sp³-hybridized carbons (Fsp3) is 0. The molecule has 1 aromatic carbocycles. The van der Waals surface area contributed by atoms with Crippen molar-refractivity contribution in [1.29, 1.82) is 0 Å². The lowest BCUT2D eigenvalue weighted by Crippen LogP contribution is -2.30. The summed E-state index contributed by atoms with van der Waals surface area (Å²) in [5, 5.41) is 24.2. The first-order chi connectivity index (χ1) is 7.84. The molecule has 0 bridgehead atoms. The number of aromatic amines is 1. The topological polar surface area (TPSA) is 89.4 Å². The molecule has 0 radical (unpaired) electrons. The van der Waals surface area contributed by atoms with Gasteiger partial charge in [0, 0.05) is 11.8 Å². The number of fused-ring (bicyclic) bond motifs is 1. The van der Waals surface area contributed by atoms with Crippen molar-refractivity contribution >= 4 is 16.7 Å². The Labute approximate surface area is 90.0 Å². The number of hydrogen-bond donors (Lipinski definition) is 3. The maximum Gasteiger partial charge on any atom is 0.122 e. The van der Waals surface area contributed by atoms with Gasteiger partial charge in [0.1, 0.15) is 5.52 Å². The van der Waals surface area contributed by atoms with Crippen LogP contribution in [-0.2, 0) is 0 Å². The van der Waals surface area contributed by atoms with Crippen LogP contribution < -0.4 is 5.43 Å². The maximum atomic E-state index is 9.20. The summed E-state index contributed by atoms with van der Waals surface area (Å²) in [5.74, 6) is 0. The highest BCUT2D eigenvalue weighted by atomic mass is 16.6. The van der Waals surface area contributed by atoms with Gasteiger partial charge < -0.3 is 0 Å². The summed E-state index contributed by atoms with van der Waals surface area (Å²) in [4.78, 5) is 0. The number of nitrogens with one attached hydrogen (secondary N) is 2. The van der Waals surface area contributed by atoms with E-state index in [0.717, 1.165) is 16.6 Å². The third-order valence-corrected chi connectivity index (χ3v) is 2.27. The van der Waals surface area contributed by atoms with Crippen LogP contribution >= 0.6 is 0 Å². The van der Waals surface area contributed by atoms with Gasteiger partial charge >= 0.3 is 0 Å². The second-order valence-corrected chi connectivity index (χ2v) is 3.25. The summed E-state index contributed by atoms with van der Waals surface area (Å²) in [6.07, 6.45) is 3.33. The van der Waals surface area contributed by atoms with Crippen molar-refractivity contribution in [3.63, 3.8) is 0 Å². The Bertz CT molecular complexity index is 586. The van der Waals surface area contributed by atoms with Crippen molar-refractivity contribution in [2.24, 2.45) is 5.10 Å². The molecular formula is C9H8N6O. The van der Waals surface area contributed by atoms with E-state index < -0.39 is 0 Å². The van der Waals surface area contributed by atoms with E-state index in [-0.39, 0.29) is 0 Å². The smallest absolute Gasteiger partial charge is 0.122 e. The highest BCUT2D eigenvalue weighted by molar-refractivity contribution is 6.15. The zero-order chi connectivity index (χ0) is 11.0. The summed E-state index contributed by atoms with van der Waals surface area (Å²) >= 11 is 0. The lowest BCUT2D eigenvalue weighted by Gasteiger charge is -2.15. The highest BCUT2D eigenvalue weighted by Gasteiger charge is 2.11. The fourth-order valence-electron chi connectivity index (χ4n) is 1.57. The summed E-state index contributed by atoms with van der Waals surface area (Å²) in [6, 6.07) is 5.62. The molecule has 7 nitrogen and oxygen atoms in total. The predicted molar refractivity (Wildman–Crippen MR) is 56.3 cm³/mol. The molecule has 1 aromatic heterocycles. The number of hydrazone groups is 1. The molecule has 0 unspecified atom stereocenters. The molecule has 1 aliphatic heterocycles. The molecule has 0 saturated carbocycles. The Morgan fingerprint density at radius 3 is 3.12 bits per heavy atom. The third-order valence-electron chi connectivity index (χ3n) is 2.27. The second kappa shape index (κ2) is 3.31. The van der Waals surface area contributed by atoms with E-state index in [1.165, 1.54) is 0 Å². The SMILES string of the molecule is ON1N=C(c2cccc3[nH]nnc23)C=CN1. The molecule has 1 aliphatic rings. The Morgan fingerprint density at radius 1 is 1.31 bits per heavy atom. The summed E-state index contributed by atoms with van der Waals surface area (Å²) in [6.45, 7) is 0. The molecule has 0 spiro atoms. The summed E-state index contributed by atoms with van der Waals surface area (Å²) < 4.78 is 0. The van der Waals surface area contributed by atoms with Crippen molar-refractivity contribution in [2.75, 3.05) is 0 Å². The molecule has 2 heterocycles. The van der Waals surface area contributed by atoms with Gasteiger partial charge in [-0.25, -0.2) is 0 Å². The minimum absolute atomic E-state index is 0.612. The van der Waals surface area contributed by atoms with Gasteiger partial charge in [0.2, 0.25) is 0 Å². The first-order valence-electron chi connectivity index (χ1n) is 4.65. The van der Waals surface area contributed by atoms with Crippen LogP contribution in [0.15, 0.2) is 35.6 Å². The Hall–Kier alpha value is -2.41. The van der Waals surface area contributed by atoms with E-state index in [1.807, 2.05) is 18.2 Å². The maximum absolute atomic E-state index is 9.20. The van der Waals surface area contributed by atoms with Gasteiger partial charge in [-0.05, 0) is 12.1 Å². The number of H-pyrrole nitrogens is 1. The van der Waals surface area contributed by atoms with Gasteiger partial charge in [-0.3, -0.25) is 15.7 Å². The number of benzene rings is 1. The van der Waals surface area contributed by atoms with Crippen LogP contribution in [0.4, 0.5) is 0 Å². The number of aromatic nitrogens is 3. The molecule has 80 valence electrons. The second-order valence-electron chi connectivity index (χ2n) is 3.25. The van der Waals surface area contributed by atoms with E-state index in [4.69, 9.17) is 0 Å². The van der Waals surface area contributed by atoms with Gasteiger partial charge in [0.05, 0.1) is 11.2 Å². The van der Waals surface area contributed by atoms with E-state index in [2.05, 4.69) is 25.9 Å². The first-order valence-corrected chi connectivity index (χ1v) is 4.65. The molecule has 7 heteroatoms. The van der Waals surface area contributed by atoms with Crippen LogP contribution in [0, 0.1) is 0 Å². The quantitative estimate of drug-likeness (QED) is 0.641. The molecule has 0 aliphatic carbocycles. The molecule has 0 saturated heterocycles. The number of nitrogens with zero attached hydrogens (tertiary/aromatic N) is 4.